The first-order valence-corrected chi connectivity index (χ1v) is 2.40. The SMILES string of the molecule is O=C=NCCN=C=S. The summed E-state index contributed by atoms with van der Waals surface area (Å²) in [6, 6.07) is 0. The van der Waals surface area contributed by atoms with E-state index >= 15 is 0 Å². The van der Waals surface area contributed by atoms with Gasteiger partial charge in [-0.05, 0) is 12.2 Å². The normalized spacial score (nSPS) is 6.50. The summed E-state index contributed by atoms with van der Waals surface area (Å²) >= 11 is 4.24. The Balaban J connectivity index is 3.18. The van der Waals surface area contributed by atoms with Crippen LogP contribution in [0, 0.1) is 0 Å². The summed E-state index contributed by atoms with van der Waals surface area (Å²) in [6.45, 7) is 0.784. The molecule has 0 rings (SSSR count). The van der Waals surface area contributed by atoms with Gasteiger partial charge in [0.1, 0.15) is 0 Å². The number of aliphatic imine (C=N–C) groups is 2. The van der Waals surface area contributed by atoms with Crippen LogP contribution >= 0.6 is 12.2 Å². The zero-order chi connectivity index (χ0) is 6.24. The predicted molar refractivity (Wildman–Crippen MR) is 32.9 cm³/mol. The molecule has 0 heterocycles. The largest absolute Gasteiger partial charge is 0.235 e. The lowest BCUT2D eigenvalue weighted by Gasteiger charge is -1.75. The van der Waals surface area contributed by atoms with Gasteiger partial charge in [0.2, 0.25) is 6.08 Å². The van der Waals surface area contributed by atoms with Gasteiger partial charge in [0.05, 0.1) is 18.3 Å². The zero-order valence-electron chi connectivity index (χ0n) is 4.13. The molecule has 0 unspecified atom stereocenters. The lowest BCUT2D eigenvalue weighted by Crippen LogP contribution is -1.82. The first-order valence-electron chi connectivity index (χ1n) is 1.99. The molecule has 4 heteroatoms. The molecule has 0 aliphatic rings. The highest BCUT2D eigenvalue weighted by atomic mass is 32.1. The van der Waals surface area contributed by atoms with Crippen molar-refractivity contribution in [2.24, 2.45) is 9.98 Å². The van der Waals surface area contributed by atoms with Crippen molar-refractivity contribution in [3.63, 3.8) is 0 Å². The van der Waals surface area contributed by atoms with Crippen molar-refractivity contribution >= 4 is 23.5 Å². The van der Waals surface area contributed by atoms with Crippen molar-refractivity contribution < 1.29 is 4.79 Å². The van der Waals surface area contributed by atoms with Gasteiger partial charge >= 0.3 is 0 Å². The second-order valence-corrected chi connectivity index (χ2v) is 1.13. The fourth-order valence-electron chi connectivity index (χ4n) is 0.191. The molecule has 0 bridgehead atoms. The summed E-state index contributed by atoms with van der Waals surface area (Å²) in [4.78, 5) is 16.1. The van der Waals surface area contributed by atoms with Crippen molar-refractivity contribution in [3.8, 4) is 0 Å². The predicted octanol–water partition coefficient (Wildman–Crippen LogP) is 0.425. The van der Waals surface area contributed by atoms with Gasteiger partial charge in [0.25, 0.3) is 0 Å². The van der Waals surface area contributed by atoms with Crippen LogP contribution in [0.4, 0.5) is 0 Å². The summed E-state index contributed by atoms with van der Waals surface area (Å²) in [7, 11) is 0. The number of nitrogens with zero attached hydrogens (tertiary/aromatic N) is 2. The molecule has 0 amide bonds. The number of hydrogen-bond acceptors (Lipinski definition) is 4. The molecule has 0 aromatic rings. The molecule has 3 nitrogen and oxygen atoms in total. The Morgan fingerprint density at radius 3 is 2.50 bits per heavy atom. The first-order chi connectivity index (χ1) is 3.91. The Labute approximate surface area is 52.1 Å². The van der Waals surface area contributed by atoms with E-state index in [-0.39, 0.29) is 0 Å². The van der Waals surface area contributed by atoms with E-state index in [2.05, 4.69) is 27.4 Å². The van der Waals surface area contributed by atoms with Crippen molar-refractivity contribution in [3.05, 3.63) is 0 Å². The molecule has 0 saturated carbocycles. The van der Waals surface area contributed by atoms with Gasteiger partial charge in [0.15, 0.2) is 0 Å². The maximum atomic E-state index is 9.39. The van der Waals surface area contributed by atoms with E-state index < -0.39 is 0 Å². The second-order valence-electron chi connectivity index (χ2n) is 0.946. The molecular weight excluding hydrogens is 124 g/mol. The molecule has 0 aliphatic carbocycles. The third kappa shape index (κ3) is 5.18. The van der Waals surface area contributed by atoms with E-state index in [1.54, 1.807) is 0 Å². The van der Waals surface area contributed by atoms with E-state index in [0.717, 1.165) is 0 Å². The van der Waals surface area contributed by atoms with E-state index in [4.69, 9.17) is 0 Å². The van der Waals surface area contributed by atoms with E-state index in [9.17, 15) is 4.79 Å². The maximum Gasteiger partial charge on any atom is 0.235 e. The number of thiocarbonyl (C=S) groups is 1. The molecule has 0 saturated heterocycles. The van der Waals surface area contributed by atoms with Crippen LogP contribution in [0.1, 0.15) is 0 Å². The Morgan fingerprint density at radius 1 is 1.38 bits per heavy atom. The van der Waals surface area contributed by atoms with Crippen LogP contribution in [0.15, 0.2) is 9.98 Å². The molecule has 0 fully saturated rings. The van der Waals surface area contributed by atoms with Gasteiger partial charge in [0, 0.05) is 0 Å². The van der Waals surface area contributed by atoms with Crippen molar-refractivity contribution in [1.82, 2.24) is 0 Å². The third-order valence-electron chi connectivity index (χ3n) is 0.453. The summed E-state index contributed by atoms with van der Waals surface area (Å²) in [5.74, 6) is 0. The smallest absolute Gasteiger partial charge is 0.231 e. The van der Waals surface area contributed by atoms with E-state index in [1.807, 2.05) is 0 Å². The van der Waals surface area contributed by atoms with Gasteiger partial charge in [-0.2, -0.15) is 0 Å². The van der Waals surface area contributed by atoms with Crippen LogP contribution in [-0.4, -0.2) is 24.3 Å². The minimum atomic E-state index is 0.354. The van der Waals surface area contributed by atoms with Crippen LogP contribution < -0.4 is 0 Å². The molecule has 0 radical (unpaired) electrons. The molecule has 42 valence electrons. The quantitative estimate of drug-likeness (QED) is 0.239. The van der Waals surface area contributed by atoms with Gasteiger partial charge in [-0.25, -0.2) is 14.8 Å². The monoisotopic (exact) mass is 128 g/mol. The van der Waals surface area contributed by atoms with Gasteiger partial charge in [-0.3, -0.25) is 0 Å². The maximum absolute atomic E-state index is 9.39. The summed E-state index contributed by atoms with van der Waals surface area (Å²) < 4.78 is 0. The highest BCUT2D eigenvalue weighted by molar-refractivity contribution is 7.78. The number of hydrogen-bond donors (Lipinski definition) is 0. The number of rotatable bonds is 3. The highest BCUT2D eigenvalue weighted by Gasteiger charge is 1.72. The lowest BCUT2D eigenvalue weighted by atomic mass is 10.7. The Hall–Kier alpha value is -0.820. The topological polar surface area (TPSA) is 41.8 Å². The molecule has 0 aromatic heterocycles. The van der Waals surface area contributed by atoms with Gasteiger partial charge < -0.3 is 0 Å². The molecule has 0 aliphatic heterocycles. The number of isothiocyanates is 1. The zero-order valence-corrected chi connectivity index (χ0v) is 4.94. The van der Waals surface area contributed by atoms with Crippen LogP contribution in [-0.2, 0) is 4.79 Å². The summed E-state index contributed by atoms with van der Waals surface area (Å²) in [6.07, 6.45) is 1.38. The highest BCUT2D eigenvalue weighted by Crippen LogP contribution is 1.67. The van der Waals surface area contributed by atoms with Gasteiger partial charge in [-0.15, -0.1) is 0 Å². The average Bonchev–Trinajstić information content (AvgIpc) is 1.81. The Bertz CT molecular complexity index is 126. The van der Waals surface area contributed by atoms with Crippen molar-refractivity contribution in [2.75, 3.05) is 13.1 Å². The van der Waals surface area contributed by atoms with Crippen LogP contribution in [0.25, 0.3) is 0 Å². The number of isocyanates is 1. The first kappa shape index (κ1) is 7.18. The minimum Gasteiger partial charge on any atom is -0.231 e. The fourth-order valence-corrected chi connectivity index (χ4v) is 0.283. The standard InChI is InChI=1S/C4H4N2OS/c7-3-5-1-2-6-4-8/h1-2H2. The summed E-state index contributed by atoms with van der Waals surface area (Å²) in [5, 5.41) is 2.15. The second kappa shape index (κ2) is 6.18. The Morgan fingerprint density at radius 2 is 2.00 bits per heavy atom. The van der Waals surface area contributed by atoms with Crippen LogP contribution in [0.2, 0.25) is 0 Å². The number of carbonyl (C=O) groups excluding carboxylic acids is 1. The van der Waals surface area contributed by atoms with Crippen LogP contribution in [0.3, 0.4) is 0 Å². The Kier molecular flexibility index (Phi) is 5.55. The third-order valence-corrected chi connectivity index (χ3v) is 0.582. The molecule has 8 heavy (non-hydrogen) atoms. The average molecular weight is 128 g/mol. The molecule has 0 atom stereocenters. The van der Waals surface area contributed by atoms with Gasteiger partial charge in [-0.1, -0.05) is 0 Å². The molecule has 0 N–H and O–H groups in total. The molecule has 0 aromatic carbocycles. The molecular formula is C4H4N2OS. The lowest BCUT2D eigenvalue weighted by molar-refractivity contribution is 0.563. The minimum absolute atomic E-state index is 0.354. The van der Waals surface area contributed by atoms with Crippen molar-refractivity contribution in [1.29, 1.82) is 0 Å². The van der Waals surface area contributed by atoms with E-state index in [1.165, 1.54) is 6.08 Å². The van der Waals surface area contributed by atoms with Crippen molar-refractivity contribution in [2.45, 2.75) is 0 Å². The fraction of sp³-hybridized carbons (Fsp3) is 0.500. The summed E-state index contributed by atoms with van der Waals surface area (Å²) in [5.41, 5.74) is 0. The van der Waals surface area contributed by atoms with E-state index in [0.29, 0.717) is 13.1 Å². The van der Waals surface area contributed by atoms with Crippen LogP contribution in [0.5, 0.6) is 0 Å². The molecule has 0 spiro atoms.